The molecule has 5 heteroatoms. The second kappa shape index (κ2) is 7.30. The first kappa shape index (κ1) is 16.9. The number of nitrogens with one attached hydrogen (secondary N) is 2. The van der Waals surface area contributed by atoms with E-state index in [9.17, 15) is 4.79 Å². The van der Waals surface area contributed by atoms with E-state index in [1.165, 1.54) is 5.56 Å². The SMILES string of the molecule is COc1cccc2cc(C(C)NC(=O)NCc3ccc(C)cc3)oc12. The summed E-state index contributed by atoms with van der Waals surface area (Å²) < 4.78 is 11.2. The molecule has 0 radical (unpaired) electrons. The van der Waals surface area contributed by atoms with Gasteiger partial charge < -0.3 is 19.8 Å². The first-order valence-corrected chi connectivity index (χ1v) is 8.23. The molecule has 1 aromatic heterocycles. The molecule has 3 aromatic rings. The van der Waals surface area contributed by atoms with Gasteiger partial charge in [-0.25, -0.2) is 4.79 Å². The summed E-state index contributed by atoms with van der Waals surface area (Å²) in [6, 6.07) is 15.2. The van der Waals surface area contributed by atoms with E-state index in [-0.39, 0.29) is 12.1 Å². The number of fused-ring (bicyclic) bond motifs is 1. The molecule has 5 nitrogen and oxygen atoms in total. The van der Waals surface area contributed by atoms with Gasteiger partial charge in [0.25, 0.3) is 0 Å². The molecule has 0 saturated heterocycles. The summed E-state index contributed by atoms with van der Waals surface area (Å²) in [5, 5.41) is 6.70. The fourth-order valence-electron chi connectivity index (χ4n) is 2.64. The van der Waals surface area contributed by atoms with Crippen molar-refractivity contribution >= 4 is 17.0 Å². The molecule has 25 heavy (non-hydrogen) atoms. The molecule has 1 atom stereocenters. The van der Waals surface area contributed by atoms with Crippen LogP contribution in [0.3, 0.4) is 0 Å². The lowest BCUT2D eigenvalue weighted by Gasteiger charge is -2.12. The first-order valence-electron chi connectivity index (χ1n) is 8.23. The van der Waals surface area contributed by atoms with E-state index in [1.54, 1.807) is 7.11 Å². The molecule has 0 bridgehead atoms. The highest BCUT2D eigenvalue weighted by Crippen LogP contribution is 2.30. The fraction of sp³-hybridized carbons (Fsp3) is 0.250. The molecule has 1 unspecified atom stereocenters. The number of hydrogen-bond acceptors (Lipinski definition) is 3. The first-order chi connectivity index (χ1) is 12.1. The normalized spacial score (nSPS) is 12.0. The zero-order valence-corrected chi connectivity index (χ0v) is 14.6. The monoisotopic (exact) mass is 338 g/mol. The van der Waals surface area contributed by atoms with Crippen molar-refractivity contribution in [1.29, 1.82) is 0 Å². The van der Waals surface area contributed by atoms with E-state index in [4.69, 9.17) is 9.15 Å². The average Bonchev–Trinajstić information content (AvgIpc) is 3.05. The Kier molecular flexibility index (Phi) is 4.93. The second-order valence-corrected chi connectivity index (χ2v) is 6.06. The van der Waals surface area contributed by atoms with E-state index >= 15 is 0 Å². The molecular formula is C20H22N2O3. The van der Waals surface area contributed by atoms with Crippen molar-refractivity contribution in [3.8, 4) is 5.75 Å². The molecule has 130 valence electrons. The predicted octanol–water partition coefficient (Wildman–Crippen LogP) is 4.31. The number of hydrogen-bond donors (Lipinski definition) is 2. The third kappa shape index (κ3) is 3.94. The summed E-state index contributed by atoms with van der Waals surface area (Å²) in [4.78, 5) is 12.1. The van der Waals surface area contributed by atoms with Crippen molar-refractivity contribution in [1.82, 2.24) is 10.6 Å². The van der Waals surface area contributed by atoms with E-state index in [0.717, 1.165) is 10.9 Å². The van der Waals surface area contributed by atoms with Gasteiger partial charge >= 0.3 is 6.03 Å². The number of benzene rings is 2. The number of para-hydroxylation sites is 1. The van der Waals surface area contributed by atoms with Crippen molar-refractivity contribution in [3.05, 3.63) is 65.4 Å². The van der Waals surface area contributed by atoms with E-state index in [2.05, 4.69) is 10.6 Å². The van der Waals surface area contributed by atoms with Crippen LogP contribution in [-0.4, -0.2) is 13.1 Å². The van der Waals surface area contributed by atoms with Crippen molar-refractivity contribution < 1.29 is 13.9 Å². The highest BCUT2D eigenvalue weighted by Gasteiger charge is 2.15. The number of furan rings is 1. The molecule has 0 aliphatic rings. The van der Waals surface area contributed by atoms with Crippen LogP contribution < -0.4 is 15.4 Å². The highest BCUT2D eigenvalue weighted by molar-refractivity contribution is 5.84. The van der Waals surface area contributed by atoms with Gasteiger partial charge in [0.2, 0.25) is 0 Å². The van der Waals surface area contributed by atoms with Gasteiger partial charge in [-0.2, -0.15) is 0 Å². The van der Waals surface area contributed by atoms with Crippen LogP contribution in [0.2, 0.25) is 0 Å². The van der Waals surface area contributed by atoms with Crippen LogP contribution in [0.4, 0.5) is 4.79 Å². The van der Waals surface area contributed by atoms with Crippen LogP contribution in [-0.2, 0) is 6.54 Å². The Labute approximate surface area is 147 Å². The summed E-state index contributed by atoms with van der Waals surface area (Å²) in [6.45, 7) is 4.40. The Bertz CT molecular complexity index is 868. The summed E-state index contributed by atoms with van der Waals surface area (Å²) in [5.41, 5.74) is 2.94. The summed E-state index contributed by atoms with van der Waals surface area (Å²) >= 11 is 0. The second-order valence-electron chi connectivity index (χ2n) is 6.06. The van der Waals surface area contributed by atoms with Gasteiger partial charge in [-0.3, -0.25) is 0 Å². The standard InChI is InChI=1S/C20H22N2O3/c1-13-7-9-15(10-8-13)12-21-20(23)22-14(2)18-11-16-5-4-6-17(24-3)19(16)25-18/h4-11,14H,12H2,1-3H3,(H2,21,22,23). The van der Waals surface area contributed by atoms with Crippen LogP contribution in [0.5, 0.6) is 5.75 Å². The molecular weight excluding hydrogens is 316 g/mol. The lowest BCUT2D eigenvalue weighted by atomic mass is 10.1. The van der Waals surface area contributed by atoms with Crippen molar-refractivity contribution in [2.75, 3.05) is 7.11 Å². The van der Waals surface area contributed by atoms with Crippen LogP contribution in [0.25, 0.3) is 11.0 Å². The van der Waals surface area contributed by atoms with Gasteiger partial charge in [-0.05, 0) is 31.5 Å². The van der Waals surface area contributed by atoms with Crippen LogP contribution >= 0.6 is 0 Å². The molecule has 0 saturated carbocycles. The predicted molar refractivity (Wildman–Crippen MR) is 97.7 cm³/mol. The minimum atomic E-state index is -0.255. The van der Waals surface area contributed by atoms with E-state index in [1.807, 2.05) is 62.4 Å². The molecule has 3 rings (SSSR count). The Morgan fingerprint density at radius 1 is 1.20 bits per heavy atom. The van der Waals surface area contributed by atoms with Gasteiger partial charge in [0.05, 0.1) is 13.2 Å². The van der Waals surface area contributed by atoms with Gasteiger partial charge in [0.15, 0.2) is 11.3 Å². The molecule has 2 aromatic carbocycles. The van der Waals surface area contributed by atoms with Gasteiger partial charge in [-0.1, -0.05) is 42.0 Å². The zero-order valence-electron chi connectivity index (χ0n) is 14.6. The smallest absolute Gasteiger partial charge is 0.315 e. The Hall–Kier alpha value is -2.95. The number of carbonyl (C=O) groups is 1. The summed E-state index contributed by atoms with van der Waals surface area (Å²) in [5.74, 6) is 1.37. The van der Waals surface area contributed by atoms with Crippen molar-refractivity contribution in [2.24, 2.45) is 0 Å². The molecule has 1 heterocycles. The Morgan fingerprint density at radius 2 is 1.96 bits per heavy atom. The van der Waals surface area contributed by atoms with Crippen molar-refractivity contribution in [2.45, 2.75) is 26.4 Å². The lowest BCUT2D eigenvalue weighted by molar-refractivity contribution is 0.236. The topological polar surface area (TPSA) is 63.5 Å². The van der Waals surface area contributed by atoms with Gasteiger partial charge in [0, 0.05) is 11.9 Å². The van der Waals surface area contributed by atoms with Crippen molar-refractivity contribution in [3.63, 3.8) is 0 Å². The van der Waals surface area contributed by atoms with E-state index in [0.29, 0.717) is 23.6 Å². The third-order valence-electron chi connectivity index (χ3n) is 4.10. The average molecular weight is 338 g/mol. The number of aryl methyl sites for hydroxylation is 1. The zero-order chi connectivity index (χ0) is 17.8. The minimum Gasteiger partial charge on any atom is -0.493 e. The van der Waals surface area contributed by atoms with Crippen LogP contribution in [0.1, 0.15) is 29.9 Å². The maximum absolute atomic E-state index is 12.1. The van der Waals surface area contributed by atoms with Crippen LogP contribution in [0, 0.1) is 6.92 Å². The maximum atomic E-state index is 12.1. The molecule has 0 fully saturated rings. The number of urea groups is 1. The molecule has 0 aliphatic heterocycles. The third-order valence-corrected chi connectivity index (χ3v) is 4.10. The fourth-order valence-corrected chi connectivity index (χ4v) is 2.64. The lowest BCUT2D eigenvalue weighted by Crippen LogP contribution is -2.36. The Balaban J connectivity index is 1.62. The number of amides is 2. The Morgan fingerprint density at radius 3 is 2.68 bits per heavy atom. The summed E-state index contributed by atoms with van der Waals surface area (Å²) in [7, 11) is 1.61. The largest absolute Gasteiger partial charge is 0.493 e. The van der Waals surface area contributed by atoms with E-state index < -0.39 is 0 Å². The molecule has 2 amide bonds. The molecule has 0 spiro atoms. The highest BCUT2D eigenvalue weighted by atomic mass is 16.5. The molecule has 0 aliphatic carbocycles. The quantitative estimate of drug-likeness (QED) is 0.728. The maximum Gasteiger partial charge on any atom is 0.315 e. The number of methoxy groups -OCH3 is 1. The number of rotatable bonds is 5. The number of ether oxygens (including phenoxy) is 1. The molecule has 2 N–H and O–H groups in total. The summed E-state index contributed by atoms with van der Waals surface area (Å²) in [6.07, 6.45) is 0. The minimum absolute atomic E-state index is 0.236. The van der Waals surface area contributed by atoms with Crippen LogP contribution in [0.15, 0.2) is 52.9 Å². The van der Waals surface area contributed by atoms with Gasteiger partial charge in [-0.15, -0.1) is 0 Å². The van der Waals surface area contributed by atoms with Gasteiger partial charge in [0.1, 0.15) is 5.76 Å². The number of carbonyl (C=O) groups excluding carboxylic acids is 1.